The number of benzene rings is 2. The molecule has 2 aliphatic rings. The van der Waals surface area contributed by atoms with Crippen LogP contribution in [0.4, 0.5) is 14.9 Å². The Bertz CT molecular complexity index is 1080. The van der Waals surface area contributed by atoms with Crippen LogP contribution in [0.25, 0.3) is 16.0 Å². The topological polar surface area (TPSA) is 69.5 Å². The number of halogens is 1. The van der Waals surface area contributed by atoms with Gasteiger partial charge in [-0.25, -0.2) is 20.7 Å². The normalized spacial score (nSPS) is 19.0. The van der Waals surface area contributed by atoms with Gasteiger partial charge in [-0.1, -0.05) is 24.3 Å². The summed E-state index contributed by atoms with van der Waals surface area (Å²) in [5.41, 5.74) is 2.81. The van der Waals surface area contributed by atoms with E-state index >= 15 is 0 Å². The lowest BCUT2D eigenvalue weighted by atomic mass is 10.0. The van der Waals surface area contributed by atoms with Gasteiger partial charge in [0.15, 0.2) is 0 Å². The molecule has 0 aromatic heterocycles. The highest BCUT2D eigenvalue weighted by molar-refractivity contribution is 5.90. The van der Waals surface area contributed by atoms with E-state index in [1.54, 1.807) is 12.1 Å². The fourth-order valence-corrected chi connectivity index (χ4v) is 4.24. The van der Waals surface area contributed by atoms with Crippen LogP contribution in [0.5, 0.6) is 0 Å². The summed E-state index contributed by atoms with van der Waals surface area (Å²) >= 11 is 0. The van der Waals surface area contributed by atoms with E-state index in [4.69, 9.17) is 11.3 Å². The monoisotopic (exact) mass is 465 g/mol. The molecule has 0 aliphatic carbocycles. The van der Waals surface area contributed by atoms with E-state index in [2.05, 4.69) is 20.0 Å². The van der Waals surface area contributed by atoms with Crippen LogP contribution in [0.2, 0.25) is 0 Å². The molecule has 0 radical (unpaired) electrons. The molecule has 34 heavy (non-hydrogen) atoms. The zero-order chi connectivity index (χ0) is 24.1. The molecule has 2 saturated heterocycles. The van der Waals surface area contributed by atoms with E-state index in [1.165, 1.54) is 17.9 Å². The molecule has 0 unspecified atom stereocenters. The van der Waals surface area contributed by atoms with Gasteiger partial charge in [0.25, 0.3) is 6.67 Å². The van der Waals surface area contributed by atoms with Crippen molar-refractivity contribution < 1.29 is 18.7 Å². The second kappa shape index (κ2) is 10.6. The third kappa shape index (κ3) is 5.71. The SMILES string of the molecule is [C-]#[N+]CN1CCN(Cc2ccc(-c3ccc(N4C[C@H](CNC(C)=O)OC4=O)cc3F)cc2)CC1. The molecular formula is C25H28FN5O3. The van der Waals surface area contributed by atoms with Gasteiger partial charge < -0.3 is 10.1 Å². The van der Waals surface area contributed by atoms with Crippen LogP contribution >= 0.6 is 0 Å². The molecule has 4 rings (SSSR count). The number of nitrogens with one attached hydrogen (secondary N) is 1. The molecule has 2 aromatic carbocycles. The molecule has 178 valence electrons. The van der Waals surface area contributed by atoms with Crippen molar-refractivity contribution in [2.75, 3.05) is 50.8 Å². The fraction of sp³-hybridized carbons (Fsp3) is 0.400. The molecule has 2 fully saturated rings. The third-order valence-electron chi connectivity index (χ3n) is 6.12. The first-order valence-corrected chi connectivity index (χ1v) is 11.3. The first-order valence-electron chi connectivity index (χ1n) is 11.3. The number of carbonyl (C=O) groups is 2. The highest BCUT2D eigenvalue weighted by Gasteiger charge is 2.32. The summed E-state index contributed by atoms with van der Waals surface area (Å²) in [5, 5.41) is 2.63. The lowest BCUT2D eigenvalue weighted by Gasteiger charge is -2.31. The second-order valence-corrected chi connectivity index (χ2v) is 8.61. The summed E-state index contributed by atoms with van der Waals surface area (Å²) in [5.74, 6) is -0.616. The Morgan fingerprint density at radius 3 is 2.50 bits per heavy atom. The van der Waals surface area contributed by atoms with Crippen LogP contribution in [0.15, 0.2) is 42.5 Å². The molecule has 9 heteroatoms. The molecule has 2 heterocycles. The Kier molecular flexibility index (Phi) is 7.40. The Morgan fingerprint density at radius 2 is 1.85 bits per heavy atom. The maximum absolute atomic E-state index is 15.0. The van der Waals surface area contributed by atoms with Crippen molar-refractivity contribution in [3.63, 3.8) is 0 Å². The first kappa shape index (κ1) is 23.7. The summed E-state index contributed by atoms with van der Waals surface area (Å²) < 4.78 is 20.2. The van der Waals surface area contributed by atoms with E-state index in [0.717, 1.165) is 43.9 Å². The average Bonchev–Trinajstić information content (AvgIpc) is 3.20. The Morgan fingerprint density at radius 1 is 1.15 bits per heavy atom. The second-order valence-electron chi connectivity index (χ2n) is 8.61. The van der Waals surface area contributed by atoms with Gasteiger partial charge in [0.2, 0.25) is 5.91 Å². The Labute approximate surface area is 198 Å². The smallest absolute Gasteiger partial charge is 0.414 e. The predicted octanol–water partition coefficient (Wildman–Crippen LogP) is 2.95. The predicted molar refractivity (Wildman–Crippen MR) is 126 cm³/mol. The van der Waals surface area contributed by atoms with E-state index in [9.17, 15) is 14.0 Å². The highest BCUT2D eigenvalue weighted by Crippen LogP contribution is 2.29. The number of nitrogens with zero attached hydrogens (tertiary/aromatic N) is 4. The van der Waals surface area contributed by atoms with Gasteiger partial charge in [-0.2, -0.15) is 0 Å². The van der Waals surface area contributed by atoms with Crippen LogP contribution in [-0.2, 0) is 16.1 Å². The summed E-state index contributed by atoms with van der Waals surface area (Å²) in [7, 11) is 0. The molecule has 0 saturated carbocycles. The first-order chi connectivity index (χ1) is 16.4. The van der Waals surface area contributed by atoms with Gasteiger partial charge in [0.05, 0.1) is 18.8 Å². The third-order valence-corrected chi connectivity index (χ3v) is 6.12. The van der Waals surface area contributed by atoms with Crippen molar-refractivity contribution in [1.29, 1.82) is 0 Å². The van der Waals surface area contributed by atoms with Crippen molar-refractivity contribution in [1.82, 2.24) is 15.1 Å². The fourth-order valence-electron chi connectivity index (χ4n) is 4.24. The standard InChI is InChI=1S/C25H28FN5O3/c1-18(32)28-14-22-16-31(25(33)34-22)21-7-8-23(24(26)13-21)20-5-3-19(4-6-20)15-29-9-11-30(12-10-29)17-27-2/h3-8,13,22H,9-12,14-17H2,1H3,(H,28,32)/t22-/m0/s1. The van der Waals surface area contributed by atoms with E-state index < -0.39 is 18.0 Å². The minimum atomic E-state index is -0.554. The molecule has 0 bridgehead atoms. The number of piperazine rings is 1. The molecule has 0 spiro atoms. The zero-order valence-corrected chi connectivity index (χ0v) is 19.2. The van der Waals surface area contributed by atoms with E-state index in [0.29, 0.717) is 17.9 Å². The van der Waals surface area contributed by atoms with Gasteiger partial charge in [-0.05, 0) is 29.3 Å². The summed E-state index contributed by atoms with van der Waals surface area (Å²) in [6, 6.07) is 12.6. The number of anilines is 1. The summed E-state index contributed by atoms with van der Waals surface area (Å²) in [6.45, 7) is 13.8. The van der Waals surface area contributed by atoms with Crippen LogP contribution in [0, 0.1) is 12.4 Å². The number of rotatable bonds is 7. The van der Waals surface area contributed by atoms with Crippen LogP contribution in [0.3, 0.4) is 0 Å². The van der Waals surface area contributed by atoms with E-state index in [-0.39, 0.29) is 19.0 Å². The van der Waals surface area contributed by atoms with E-state index in [1.807, 2.05) is 24.3 Å². The summed E-state index contributed by atoms with van der Waals surface area (Å²) in [6.07, 6.45) is -1.02. The maximum Gasteiger partial charge on any atom is 0.414 e. The van der Waals surface area contributed by atoms with Crippen molar-refractivity contribution in [3.05, 3.63) is 65.3 Å². The summed E-state index contributed by atoms with van der Waals surface area (Å²) in [4.78, 5) is 32.6. The van der Waals surface area contributed by atoms with Gasteiger partial charge in [0.1, 0.15) is 11.9 Å². The molecule has 2 amide bonds. The number of carbonyl (C=O) groups excluding carboxylic acids is 2. The van der Waals surface area contributed by atoms with Gasteiger partial charge >= 0.3 is 6.09 Å². The lowest BCUT2D eigenvalue weighted by molar-refractivity contribution is -0.119. The highest BCUT2D eigenvalue weighted by atomic mass is 19.1. The minimum absolute atomic E-state index is 0.199. The number of cyclic esters (lactones) is 1. The number of ether oxygens (including phenoxy) is 1. The number of amides is 2. The number of hydrogen-bond acceptors (Lipinski definition) is 5. The quantitative estimate of drug-likeness (QED) is 0.637. The van der Waals surface area contributed by atoms with Gasteiger partial charge in [-0.3, -0.25) is 19.4 Å². The average molecular weight is 466 g/mol. The molecule has 1 N–H and O–H groups in total. The largest absolute Gasteiger partial charge is 0.442 e. The Balaban J connectivity index is 1.37. The van der Waals surface area contributed by atoms with Crippen LogP contribution in [-0.4, -0.2) is 73.8 Å². The number of hydrogen-bond donors (Lipinski definition) is 1. The molecule has 2 aliphatic heterocycles. The zero-order valence-electron chi connectivity index (χ0n) is 19.2. The van der Waals surface area contributed by atoms with Crippen LogP contribution < -0.4 is 10.2 Å². The lowest BCUT2D eigenvalue weighted by Crippen LogP contribution is -2.45. The van der Waals surface area contributed by atoms with Crippen molar-refractivity contribution >= 4 is 17.7 Å². The molecule has 2 aromatic rings. The minimum Gasteiger partial charge on any atom is -0.442 e. The molecular weight excluding hydrogens is 437 g/mol. The van der Waals surface area contributed by atoms with Gasteiger partial charge in [0, 0.05) is 45.2 Å². The van der Waals surface area contributed by atoms with Crippen molar-refractivity contribution in [2.45, 2.75) is 19.6 Å². The Hall–Kier alpha value is -3.48. The van der Waals surface area contributed by atoms with Crippen molar-refractivity contribution in [3.8, 4) is 11.1 Å². The maximum atomic E-state index is 15.0. The van der Waals surface area contributed by atoms with Gasteiger partial charge in [-0.15, -0.1) is 0 Å². The molecule has 1 atom stereocenters. The van der Waals surface area contributed by atoms with Crippen LogP contribution in [0.1, 0.15) is 12.5 Å². The molecule has 8 nitrogen and oxygen atoms in total. The van der Waals surface area contributed by atoms with Crippen molar-refractivity contribution in [2.24, 2.45) is 0 Å².